The molecule has 0 aromatic heterocycles. The smallest absolute Gasteiger partial charge is 0.293 e. The van der Waals surface area contributed by atoms with E-state index in [1.165, 1.54) is 12.1 Å². The summed E-state index contributed by atoms with van der Waals surface area (Å²) in [5.41, 5.74) is 0.602. The summed E-state index contributed by atoms with van der Waals surface area (Å²) >= 11 is 0. The number of nitro benzene ring substituents is 1. The summed E-state index contributed by atoms with van der Waals surface area (Å²) in [5, 5.41) is 29.2. The van der Waals surface area contributed by atoms with Crippen LogP contribution in [0.15, 0.2) is 12.1 Å². The second-order valence-electron chi connectivity index (χ2n) is 4.77. The monoisotopic (exact) mass is 270 g/mol. The van der Waals surface area contributed by atoms with Crippen LogP contribution in [0.2, 0.25) is 0 Å². The first kappa shape index (κ1) is 13.8. The lowest BCUT2D eigenvalue weighted by Gasteiger charge is -2.22. The molecule has 0 radical (unpaired) electrons. The van der Waals surface area contributed by atoms with Crippen LogP contribution in [0.3, 0.4) is 0 Å². The molecule has 0 aliphatic carbocycles. The van der Waals surface area contributed by atoms with E-state index in [1.807, 2.05) is 17.0 Å². The van der Waals surface area contributed by atoms with E-state index in [0.717, 1.165) is 38.8 Å². The van der Waals surface area contributed by atoms with Gasteiger partial charge in [-0.1, -0.05) is 12.8 Å². The van der Waals surface area contributed by atoms with E-state index in [1.54, 1.807) is 0 Å². The molecule has 1 aromatic carbocycles. The van der Waals surface area contributed by atoms with Crippen molar-refractivity contribution in [2.45, 2.75) is 25.7 Å². The van der Waals surface area contributed by atoms with Gasteiger partial charge in [0.15, 0.2) is 0 Å². The van der Waals surface area contributed by atoms with E-state index in [-0.39, 0.29) is 16.8 Å². The fourth-order valence-corrected chi connectivity index (χ4v) is 2.47. The third kappa shape index (κ3) is 2.70. The third-order valence-corrected chi connectivity index (χ3v) is 3.50. The zero-order valence-corrected chi connectivity index (χ0v) is 11.0. The lowest BCUT2D eigenvalue weighted by molar-refractivity contribution is -0.384. The summed E-state index contributed by atoms with van der Waals surface area (Å²) in [5.74, 6) is 0. The van der Waals surface area contributed by atoms with Gasteiger partial charge in [-0.25, -0.2) is 0 Å². The number of hydrogen-bond donors (Lipinski definition) is 0. The van der Waals surface area contributed by atoms with Gasteiger partial charge in [0.1, 0.15) is 17.8 Å². The molecule has 2 rings (SSSR count). The average molecular weight is 270 g/mol. The molecule has 1 heterocycles. The summed E-state index contributed by atoms with van der Waals surface area (Å²) in [6, 6.07) is 6.46. The summed E-state index contributed by atoms with van der Waals surface area (Å²) in [6.45, 7) is 1.50. The molecule has 0 N–H and O–H groups in total. The molecule has 20 heavy (non-hydrogen) atoms. The Morgan fingerprint density at radius 3 is 2.10 bits per heavy atom. The van der Waals surface area contributed by atoms with Gasteiger partial charge >= 0.3 is 0 Å². The highest BCUT2D eigenvalue weighted by Gasteiger charge is 2.23. The van der Waals surface area contributed by atoms with Crippen molar-refractivity contribution in [3.63, 3.8) is 0 Å². The Morgan fingerprint density at radius 2 is 1.60 bits per heavy atom. The number of rotatable bonds is 2. The molecule has 1 saturated heterocycles. The van der Waals surface area contributed by atoms with Gasteiger partial charge in [0.2, 0.25) is 0 Å². The molecule has 0 spiro atoms. The second kappa shape index (κ2) is 6.03. The number of nitrogens with zero attached hydrogens (tertiary/aromatic N) is 4. The molecule has 1 aliphatic heterocycles. The quantitative estimate of drug-likeness (QED) is 0.608. The van der Waals surface area contributed by atoms with E-state index < -0.39 is 4.92 Å². The number of nitro groups is 1. The van der Waals surface area contributed by atoms with Crippen LogP contribution in [-0.2, 0) is 0 Å². The van der Waals surface area contributed by atoms with Crippen LogP contribution in [-0.4, -0.2) is 18.0 Å². The predicted molar refractivity (Wildman–Crippen MR) is 73.2 cm³/mol. The van der Waals surface area contributed by atoms with Crippen LogP contribution in [0.25, 0.3) is 0 Å². The van der Waals surface area contributed by atoms with Gasteiger partial charge in [-0.05, 0) is 18.9 Å². The Morgan fingerprint density at radius 1 is 1.05 bits per heavy atom. The number of nitriles is 2. The SMILES string of the molecule is N#Cc1cc(N2CCCCCC2)c([N+](=O)[O-])cc1C#N. The molecule has 1 aromatic rings. The second-order valence-corrected chi connectivity index (χ2v) is 4.77. The Hall–Kier alpha value is -2.60. The Labute approximate surface area is 117 Å². The van der Waals surface area contributed by atoms with Crippen molar-refractivity contribution in [2.75, 3.05) is 18.0 Å². The normalized spacial score (nSPS) is 15.0. The van der Waals surface area contributed by atoms with E-state index >= 15 is 0 Å². The van der Waals surface area contributed by atoms with E-state index in [2.05, 4.69) is 0 Å². The maximum absolute atomic E-state index is 11.2. The minimum atomic E-state index is -0.484. The van der Waals surface area contributed by atoms with Crippen molar-refractivity contribution in [1.82, 2.24) is 0 Å². The van der Waals surface area contributed by atoms with Gasteiger partial charge in [0, 0.05) is 19.2 Å². The first-order chi connectivity index (χ1) is 9.67. The topological polar surface area (TPSA) is 94.0 Å². The molecule has 0 bridgehead atoms. The Balaban J connectivity index is 2.52. The highest BCUT2D eigenvalue weighted by Crippen LogP contribution is 2.32. The minimum absolute atomic E-state index is 0.0535. The fraction of sp³-hybridized carbons (Fsp3) is 0.429. The van der Waals surface area contributed by atoms with Crippen molar-refractivity contribution in [3.05, 3.63) is 33.4 Å². The van der Waals surface area contributed by atoms with Crippen molar-refractivity contribution in [3.8, 4) is 12.1 Å². The average Bonchev–Trinajstić information content (AvgIpc) is 2.74. The summed E-state index contributed by atoms with van der Waals surface area (Å²) in [4.78, 5) is 12.7. The van der Waals surface area contributed by atoms with Crippen LogP contribution in [0, 0.1) is 32.8 Å². The zero-order chi connectivity index (χ0) is 14.5. The van der Waals surface area contributed by atoms with Crippen LogP contribution in [0.4, 0.5) is 11.4 Å². The molecule has 0 amide bonds. The van der Waals surface area contributed by atoms with Crippen molar-refractivity contribution >= 4 is 11.4 Å². The number of hydrogen-bond acceptors (Lipinski definition) is 5. The lowest BCUT2D eigenvalue weighted by atomic mass is 10.1. The molecular weight excluding hydrogens is 256 g/mol. The summed E-state index contributed by atoms with van der Waals surface area (Å²) in [6.07, 6.45) is 4.20. The highest BCUT2D eigenvalue weighted by molar-refractivity contribution is 5.70. The van der Waals surface area contributed by atoms with Gasteiger partial charge in [0.05, 0.1) is 16.1 Å². The van der Waals surface area contributed by atoms with Crippen molar-refractivity contribution in [2.24, 2.45) is 0 Å². The van der Waals surface area contributed by atoms with E-state index in [4.69, 9.17) is 10.5 Å². The molecule has 1 fully saturated rings. The van der Waals surface area contributed by atoms with Crippen LogP contribution in [0.1, 0.15) is 36.8 Å². The first-order valence-corrected chi connectivity index (χ1v) is 6.55. The van der Waals surface area contributed by atoms with Gasteiger partial charge in [0.25, 0.3) is 5.69 Å². The van der Waals surface area contributed by atoms with Gasteiger partial charge < -0.3 is 4.90 Å². The maximum atomic E-state index is 11.2. The molecule has 0 unspecified atom stereocenters. The predicted octanol–water partition coefficient (Wildman–Crippen LogP) is 2.72. The zero-order valence-electron chi connectivity index (χ0n) is 11.0. The van der Waals surface area contributed by atoms with Crippen LogP contribution in [0.5, 0.6) is 0 Å². The van der Waals surface area contributed by atoms with E-state index in [9.17, 15) is 10.1 Å². The molecule has 1 aliphatic rings. The van der Waals surface area contributed by atoms with E-state index in [0.29, 0.717) is 5.69 Å². The summed E-state index contributed by atoms with van der Waals surface area (Å²) < 4.78 is 0. The Kier molecular flexibility index (Phi) is 4.17. The van der Waals surface area contributed by atoms with Gasteiger partial charge in [-0.15, -0.1) is 0 Å². The van der Waals surface area contributed by atoms with Crippen molar-refractivity contribution < 1.29 is 4.92 Å². The van der Waals surface area contributed by atoms with Gasteiger partial charge in [-0.3, -0.25) is 10.1 Å². The maximum Gasteiger partial charge on any atom is 0.293 e. The molecule has 102 valence electrons. The molecular formula is C14H14N4O2. The molecule has 0 saturated carbocycles. The molecule has 6 heteroatoms. The van der Waals surface area contributed by atoms with Gasteiger partial charge in [-0.2, -0.15) is 10.5 Å². The minimum Gasteiger partial charge on any atom is -0.366 e. The number of benzene rings is 1. The summed E-state index contributed by atoms with van der Waals surface area (Å²) in [7, 11) is 0. The first-order valence-electron chi connectivity index (χ1n) is 6.55. The molecule has 0 atom stereocenters. The fourth-order valence-electron chi connectivity index (χ4n) is 2.47. The largest absolute Gasteiger partial charge is 0.366 e. The Bertz CT molecular complexity index is 605. The lowest BCUT2D eigenvalue weighted by Crippen LogP contribution is -2.25. The van der Waals surface area contributed by atoms with Crippen LogP contribution >= 0.6 is 0 Å². The van der Waals surface area contributed by atoms with Crippen LogP contribution < -0.4 is 4.90 Å². The highest BCUT2D eigenvalue weighted by atomic mass is 16.6. The van der Waals surface area contributed by atoms with Crippen molar-refractivity contribution in [1.29, 1.82) is 10.5 Å². The third-order valence-electron chi connectivity index (χ3n) is 3.50. The molecule has 6 nitrogen and oxygen atoms in total. The number of anilines is 1. The standard InChI is InChI=1S/C14H14N4O2/c15-9-11-7-13(17-5-3-1-2-4-6-17)14(18(19)20)8-12(11)10-16/h7-8H,1-6H2.